The number of nitrogens with zero attached hydrogens (tertiary/aromatic N) is 1. The minimum atomic E-state index is -4.02. The van der Waals surface area contributed by atoms with Crippen molar-refractivity contribution in [2.24, 2.45) is 5.73 Å². The molecule has 0 aromatic heterocycles. The number of thioether (sulfide) groups is 1. The van der Waals surface area contributed by atoms with Crippen molar-refractivity contribution in [1.29, 1.82) is 0 Å². The molecular formula is C19H15BrN2O6S2. The second-order valence-electron chi connectivity index (χ2n) is 6.27. The van der Waals surface area contributed by atoms with Gasteiger partial charge in [-0.05, 0) is 70.5 Å². The molecular weight excluding hydrogens is 496 g/mol. The van der Waals surface area contributed by atoms with Crippen LogP contribution < -0.4 is 9.92 Å². The Morgan fingerprint density at radius 2 is 1.87 bits per heavy atom. The summed E-state index contributed by atoms with van der Waals surface area (Å²) in [5.41, 5.74) is 6.48. The van der Waals surface area contributed by atoms with Crippen molar-refractivity contribution in [2.75, 3.05) is 6.54 Å². The van der Waals surface area contributed by atoms with Gasteiger partial charge in [0.1, 0.15) is 11.4 Å². The first-order chi connectivity index (χ1) is 14.1. The lowest BCUT2D eigenvalue weighted by atomic mass is 10.2. The fraction of sp³-hybridized carbons (Fsp3) is 0.105. The predicted octanol–water partition coefficient (Wildman–Crippen LogP) is 3.05. The average Bonchev–Trinajstić information content (AvgIpc) is 2.91. The number of halogens is 1. The number of hydrogen-bond donors (Lipinski definition) is 1. The molecule has 3 amide bonds. The van der Waals surface area contributed by atoms with Gasteiger partial charge >= 0.3 is 10.1 Å². The highest BCUT2D eigenvalue weighted by molar-refractivity contribution is 9.10. The highest BCUT2D eigenvalue weighted by Crippen LogP contribution is 2.34. The summed E-state index contributed by atoms with van der Waals surface area (Å²) in [5.74, 6) is -1.35. The lowest BCUT2D eigenvalue weighted by Gasteiger charge is -2.10. The number of imide groups is 1. The molecule has 0 radical (unpaired) electrons. The zero-order chi connectivity index (χ0) is 22.1. The van der Waals surface area contributed by atoms with Crippen molar-refractivity contribution in [3.05, 3.63) is 63.0 Å². The van der Waals surface area contributed by atoms with Gasteiger partial charge in [0.25, 0.3) is 11.1 Å². The SMILES string of the molecule is Cc1ccc(S(=O)(=O)Oc2ccc(/C=C3\SC(=O)N(CC(N)=O)C3=O)cc2Br)cc1. The van der Waals surface area contributed by atoms with Crippen LogP contribution in [0.1, 0.15) is 11.1 Å². The van der Waals surface area contributed by atoms with Crippen molar-refractivity contribution >= 4 is 60.9 Å². The normalized spacial score (nSPS) is 15.7. The molecule has 11 heteroatoms. The summed E-state index contributed by atoms with van der Waals surface area (Å²) < 4.78 is 30.4. The number of amides is 3. The number of nitrogens with two attached hydrogens (primary N) is 1. The summed E-state index contributed by atoms with van der Waals surface area (Å²) in [4.78, 5) is 36.1. The van der Waals surface area contributed by atoms with Crippen LogP contribution in [0.4, 0.5) is 4.79 Å². The Bertz CT molecular complexity index is 1180. The van der Waals surface area contributed by atoms with E-state index in [1.54, 1.807) is 18.2 Å². The molecule has 0 atom stereocenters. The molecule has 1 aliphatic heterocycles. The Morgan fingerprint density at radius 1 is 1.20 bits per heavy atom. The van der Waals surface area contributed by atoms with E-state index in [0.717, 1.165) is 10.5 Å². The first-order valence-electron chi connectivity index (χ1n) is 8.41. The maximum absolute atomic E-state index is 12.4. The van der Waals surface area contributed by atoms with Crippen molar-refractivity contribution in [3.63, 3.8) is 0 Å². The van der Waals surface area contributed by atoms with E-state index in [-0.39, 0.29) is 15.6 Å². The molecule has 2 aromatic carbocycles. The third kappa shape index (κ3) is 4.91. The van der Waals surface area contributed by atoms with E-state index in [9.17, 15) is 22.8 Å². The van der Waals surface area contributed by atoms with Gasteiger partial charge in [0.05, 0.1) is 9.38 Å². The van der Waals surface area contributed by atoms with Crippen LogP contribution in [0, 0.1) is 6.92 Å². The van der Waals surface area contributed by atoms with E-state index in [1.807, 2.05) is 6.92 Å². The van der Waals surface area contributed by atoms with Crippen LogP contribution in [-0.4, -0.2) is 36.9 Å². The van der Waals surface area contributed by atoms with Gasteiger partial charge in [-0.25, -0.2) is 0 Å². The summed E-state index contributed by atoms with van der Waals surface area (Å²) in [6.45, 7) is 1.35. The largest absolute Gasteiger partial charge is 0.378 e. The first-order valence-corrected chi connectivity index (χ1v) is 11.4. The minimum Gasteiger partial charge on any atom is -0.378 e. The van der Waals surface area contributed by atoms with E-state index in [1.165, 1.54) is 30.3 Å². The number of aryl methyl sites for hydroxylation is 1. The van der Waals surface area contributed by atoms with Crippen LogP contribution in [0.2, 0.25) is 0 Å². The zero-order valence-corrected chi connectivity index (χ0v) is 18.7. The monoisotopic (exact) mass is 510 g/mol. The quantitative estimate of drug-likeness (QED) is 0.467. The van der Waals surface area contributed by atoms with Crippen molar-refractivity contribution < 1.29 is 27.0 Å². The molecule has 30 heavy (non-hydrogen) atoms. The maximum Gasteiger partial charge on any atom is 0.339 e. The Morgan fingerprint density at radius 3 is 2.47 bits per heavy atom. The lowest BCUT2D eigenvalue weighted by Crippen LogP contribution is -2.36. The van der Waals surface area contributed by atoms with Crippen molar-refractivity contribution in [3.8, 4) is 5.75 Å². The second kappa shape index (κ2) is 8.62. The molecule has 0 bridgehead atoms. The molecule has 2 aromatic rings. The Labute approximate surface area is 185 Å². The van der Waals surface area contributed by atoms with E-state index >= 15 is 0 Å². The molecule has 0 unspecified atom stereocenters. The molecule has 1 fully saturated rings. The number of benzene rings is 2. The highest BCUT2D eigenvalue weighted by atomic mass is 79.9. The number of carbonyl (C=O) groups is 3. The molecule has 1 heterocycles. The Kier molecular flexibility index (Phi) is 6.34. The summed E-state index contributed by atoms with van der Waals surface area (Å²) in [6.07, 6.45) is 1.45. The van der Waals surface area contributed by atoms with Crippen LogP contribution >= 0.6 is 27.7 Å². The summed E-state index contributed by atoms with van der Waals surface area (Å²) in [5, 5.41) is -0.590. The standard InChI is InChI=1S/C19H15BrN2O6S2/c1-11-2-5-13(6-3-11)30(26,27)28-15-7-4-12(8-14(15)20)9-16-18(24)22(10-17(21)23)19(25)29-16/h2-9H,10H2,1H3,(H2,21,23)/b16-9-. The van der Waals surface area contributed by atoms with Gasteiger partial charge in [-0.1, -0.05) is 23.8 Å². The highest BCUT2D eigenvalue weighted by Gasteiger charge is 2.35. The third-order valence-corrected chi connectivity index (χ3v) is 6.73. The number of primary amides is 1. The van der Waals surface area contributed by atoms with Gasteiger partial charge in [-0.3, -0.25) is 19.3 Å². The van der Waals surface area contributed by atoms with Gasteiger partial charge < -0.3 is 9.92 Å². The van der Waals surface area contributed by atoms with E-state index in [2.05, 4.69) is 15.9 Å². The summed E-state index contributed by atoms with van der Waals surface area (Å²) in [6, 6.07) is 10.7. The van der Waals surface area contributed by atoms with Crippen molar-refractivity contribution in [1.82, 2.24) is 4.90 Å². The smallest absolute Gasteiger partial charge is 0.339 e. The first kappa shape index (κ1) is 22.1. The lowest BCUT2D eigenvalue weighted by molar-refractivity contribution is -0.127. The molecule has 1 aliphatic rings. The fourth-order valence-corrected chi connectivity index (χ4v) is 4.86. The number of carbonyl (C=O) groups excluding carboxylic acids is 3. The topological polar surface area (TPSA) is 124 Å². The molecule has 3 rings (SSSR count). The second-order valence-corrected chi connectivity index (χ2v) is 9.67. The van der Waals surface area contributed by atoms with E-state index in [0.29, 0.717) is 21.8 Å². The van der Waals surface area contributed by atoms with Gasteiger partial charge in [0, 0.05) is 0 Å². The fourth-order valence-electron chi connectivity index (χ4n) is 2.49. The van der Waals surface area contributed by atoms with Crippen LogP contribution in [0.25, 0.3) is 6.08 Å². The molecule has 2 N–H and O–H groups in total. The number of hydrogen-bond acceptors (Lipinski definition) is 7. The molecule has 156 valence electrons. The molecule has 0 saturated carbocycles. The van der Waals surface area contributed by atoms with Gasteiger partial charge in [-0.2, -0.15) is 8.42 Å². The summed E-state index contributed by atoms with van der Waals surface area (Å²) >= 11 is 3.94. The van der Waals surface area contributed by atoms with E-state index < -0.39 is 33.7 Å². The van der Waals surface area contributed by atoms with Crippen LogP contribution in [0.15, 0.2) is 56.7 Å². The molecule has 0 aliphatic carbocycles. The molecule has 1 saturated heterocycles. The zero-order valence-electron chi connectivity index (χ0n) is 15.5. The average molecular weight is 511 g/mol. The Hall–Kier alpha value is -2.63. The van der Waals surface area contributed by atoms with E-state index in [4.69, 9.17) is 9.92 Å². The van der Waals surface area contributed by atoms with Gasteiger partial charge in [-0.15, -0.1) is 0 Å². The summed E-state index contributed by atoms with van der Waals surface area (Å²) in [7, 11) is -4.02. The van der Waals surface area contributed by atoms with Crippen LogP contribution in [-0.2, 0) is 19.7 Å². The van der Waals surface area contributed by atoms with Crippen molar-refractivity contribution in [2.45, 2.75) is 11.8 Å². The molecule has 8 nitrogen and oxygen atoms in total. The predicted molar refractivity (Wildman–Crippen MR) is 115 cm³/mol. The number of rotatable bonds is 6. The van der Waals surface area contributed by atoms with Gasteiger partial charge in [0.15, 0.2) is 5.75 Å². The van der Waals surface area contributed by atoms with Gasteiger partial charge in [0.2, 0.25) is 5.91 Å². The minimum absolute atomic E-state index is 0.0206. The maximum atomic E-state index is 12.4. The van der Waals surface area contributed by atoms with Crippen LogP contribution in [0.5, 0.6) is 5.75 Å². The Balaban J connectivity index is 1.81. The third-order valence-electron chi connectivity index (χ3n) is 3.95. The van der Waals surface area contributed by atoms with Crippen LogP contribution in [0.3, 0.4) is 0 Å². The molecule has 0 spiro atoms.